The van der Waals surface area contributed by atoms with Crippen LogP contribution < -0.4 is 15.0 Å². The molecule has 3 rings (SSSR count). The van der Waals surface area contributed by atoms with Gasteiger partial charge in [-0.05, 0) is 25.0 Å². The number of methoxy groups -OCH3 is 1. The largest absolute Gasteiger partial charge is 0.494 e. The van der Waals surface area contributed by atoms with Crippen LogP contribution in [0.3, 0.4) is 0 Å². The molecule has 1 N–H and O–H groups in total. The standard InChI is InChI=1S/C13H16N2O2/c1-17-11-6-2-5-10-13(11)14-12(16)8-9-4-3-7-15(9)10/h2,5-6,9H,3-4,7-8H2,1H3,(H,14,16). The molecule has 2 heterocycles. The Morgan fingerprint density at radius 3 is 3.18 bits per heavy atom. The number of ether oxygens (including phenoxy) is 1. The van der Waals surface area contributed by atoms with E-state index >= 15 is 0 Å². The molecular formula is C13H16N2O2. The van der Waals surface area contributed by atoms with E-state index in [2.05, 4.69) is 16.3 Å². The van der Waals surface area contributed by atoms with Gasteiger partial charge < -0.3 is 15.0 Å². The molecule has 4 nitrogen and oxygen atoms in total. The van der Waals surface area contributed by atoms with Crippen LogP contribution in [0.5, 0.6) is 5.75 Å². The van der Waals surface area contributed by atoms with E-state index in [9.17, 15) is 4.79 Å². The van der Waals surface area contributed by atoms with Gasteiger partial charge in [0.25, 0.3) is 0 Å². The van der Waals surface area contributed by atoms with E-state index in [-0.39, 0.29) is 5.91 Å². The van der Waals surface area contributed by atoms with Gasteiger partial charge in [-0.2, -0.15) is 0 Å². The van der Waals surface area contributed by atoms with Gasteiger partial charge in [0.05, 0.1) is 12.8 Å². The van der Waals surface area contributed by atoms with Crippen LogP contribution in [-0.2, 0) is 4.79 Å². The van der Waals surface area contributed by atoms with Gasteiger partial charge in [-0.1, -0.05) is 6.07 Å². The van der Waals surface area contributed by atoms with Crippen LogP contribution in [0.1, 0.15) is 19.3 Å². The molecule has 0 aliphatic carbocycles. The summed E-state index contributed by atoms with van der Waals surface area (Å²) in [4.78, 5) is 14.2. The molecule has 90 valence electrons. The van der Waals surface area contributed by atoms with E-state index in [1.165, 1.54) is 0 Å². The van der Waals surface area contributed by atoms with E-state index in [1.807, 2.05) is 12.1 Å². The van der Waals surface area contributed by atoms with E-state index in [0.29, 0.717) is 12.5 Å². The van der Waals surface area contributed by atoms with Gasteiger partial charge in [0.1, 0.15) is 11.4 Å². The fraction of sp³-hybridized carbons (Fsp3) is 0.462. The summed E-state index contributed by atoms with van der Waals surface area (Å²) in [5.41, 5.74) is 1.92. The first-order valence-corrected chi connectivity index (χ1v) is 6.03. The Morgan fingerprint density at radius 1 is 1.47 bits per heavy atom. The average Bonchev–Trinajstić information content (AvgIpc) is 2.72. The number of benzene rings is 1. The van der Waals surface area contributed by atoms with E-state index in [0.717, 1.165) is 36.5 Å². The number of amides is 1. The zero-order valence-electron chi connectivity index (χ0n) is 9.90. The highest BCUT2D eigenvalue weighted by Gasteiger charge is 2.32. The summed E-state index contributed by atoms with van der Waals surface area (Å²) in [5.74, 6) is 0.827. The lowest BCUT2D eigenvalue weighted by molar-refractivity contribution is -0.116. The molecule has 0 spiro atoms. The van der Waals surface area contributed by atoms with Crippen molar-refractivity contribution in [3.63, 3.8) is 0 Å². The molecule has 1 fully saturated rings. The van der Waals surface area contributed by atoms with Crippen LogP contribution in [0.25, 0.3) is 0 Å². The van der Waals surface area contributed by atoms with Crippen molar-refractivity contribution in [2.24, 2.45) is 0 Å². The molecule has 1 saturated heterocycles. The number of hydrogen-bond donors (Lipinski definition) is 1. The SMILES string of the molecule is COc1cccc2c1NC(=O)CC1CCCN21. The fourth-order valence-corrected chi connectivity index (χ4v) is 2.82. The first-order chi connectivity index (χ1) is 8.29. The molecule has 0 saturated carbocycles. The van der Waals surface area contributed by atoms with Crippen molar-refractivity contribution in [3.8, 4) is 5.75 Å². The predicted octanol–water partition coefficient (Wildman–Crippen LogP) is 2.01. The van der Waals surface area contributed by atoms with Crippen molar-refractivity contribution < 1.29 is 9.53 Å². The second kappa shape index (κ2) is 3.95. The Morgan fingerprint density at radius 2 is 2.35 bits per heavy atom. The Balaban J connectivity index is 2.12. The lowest BCUT2D eigenvalue weighted by Gasteiger charge is -2.25. The van der Waals surface area contributed by atoms with Crippen molar-refractivity contribution in [2.45, 2.75) is 25.3 Å². The molecular weight excluding hydrogens is 216 g/mol. The van der Waals surface area contributed by atoms with Crippen molar-refractivity contribution in [1.29, 1.82) is 0 Å². The third-order valence-corrected chi connectivity index (χ3v) is 3.60. The van der Waals surface area contributed by atoms with E-state index in [1.54, 1.807) is 7.11 Å². The summed E-state index contributed by atoms with van der Waals surface area (Å²) < 4.78 is 5.32. The maximum atomic E-state index is 11.9. The molecule has 17 heavy (non-hydrogen) atoms. The van der Waals surface area contributed by atoms with E-state index < -0.39 is 0 Å². The Kier molecular flexibility index (Phi) is 2.42. The van der Waals surface area contributed by atoms with Crippen molar-refractivity contribution in [3.05, 3.63) is 18.2 Å². The highest BCUT2D eigenvalue weighted by Crippen LogP contribution is 2.41. The minimum absolute atomic E-state index is 0.0881. The topological polar surface area (TPSA) is 41.6 Å². The maximum absolute atomic E-state index is 11.9. The molecule has 1 aromatic carbocycles. The normalized spacial score (nSPS) is 22.5. The van der Waals surface area contributed by atoms with Crippen LogP contribution in [-0.4, -0.2) is 25.6 Å². The average molecular weight is 232 g/mol. The van der Waals surface area contributed by atoms with Crippen molar-refractivity contribution in [2.75, 3.05) is 23.9 Å². The Labute approximate surface area is 101 Å². The predicted molar refractivity (Wildman–Crippen MR) is 66.6 cm³/mol. The van der Waals surface area contributed by atoms with E-state index in [4.69, 9.17) is 4.74 Å². The number of nitrogens with one attached hydrogen (secondary N) is 1. The Bertz CT molecular complexity index is 459. The van der Waals surface area contributed by atoms with Crippen molar-refractivity contribution >= 4 is 17.3 Å². The van der Waals surface area contributed by atoms with Gasteiger partial charge in [-0.15, -0.1) is 0 Å². The molecule has 0 aromatic heterocycles. The Hall–Kier alpha value is -1.71. The summed E-state index contributed by atoms with van der Waals surface area (Å²) in [7, 11) is 1.63. The summed E-state index contributed by atoms with van der Waals surface area (Å²) in [6, 6.07) is 6.27. The number of anilines is 2. The molecule has 0 radical (unpaired) electrons. The van der Waals surface area contributed by atoms with Crippen LogP contribution in [0.2, 0.25) is 0 Å². The molecule has 1 aromatic rings. The lowest BCUT2D eigenvalue weighted by Crippen LogP contribution is -2.29. The maximum Gasteiger partial charge on any atom is 0.226 e. The molecule has 1 unspecified atom stereocenters. The smallest absolute Gasteiger partial charge is 0.226 e. The van der Waals surface area contributed by atoms with Crippen molar-refractivity contribution in [1.82, 2.24) is 0 Å². The number of carbonyl (C=O) groups is 1. The summed E-state index contributed by atoms with van der Waals surface area (Å²) in [6.07, 6.45) is 2.84. The van der Waals surface area contributed by atoms with Gasteiger partial charge in [-0.25, -0.2) is 0 Å². The minimum atomic E-state index is 0.0881. The second-order valence-corrected chi connectivity index (χ2v) is 4.60. The second-order valence-electron chi connectivity index (χ2n) is 4.60. The van der Waals surface area contributed by atoms with Crippen LogP contribution >= 0.6 is 0 Å². The highest BCUT2D eigenvalue weighted by atomic mass is 16.5. The molecule has 4 heteroatoms. The van der Waals surface area contributed by atoms with Crippen LogP contribution in [0.15, 0.2) is 18.2 Å². The zero-order valence-corrected chi connectivity index (χ0v) is 9.90. The molecule has 1 atom stereocenters. The molecule has 1 amide bonds. The summed E-state index contributed by atoms with van der Waals surface area (Å²) in [5, 5.41) is 2.96. The fourth-order valence-electron chi connectivity index (χ4n) is 2.82. The quantitative estimate of drug-likeness (QED) is 0.805. The molecule has 2 aliphatic heterocycles. The van der Waals surface area contributed by atoms with Gasteiger partial charge in [0, 0.05) is 19.0 Å². The number of para-hydroxylation sites is 1. The number of nitrogens with zero attached hydrogens (tertiary/aromatic N) is 1. The third-order valence-electron chi connectivity index (χ3n) is 3.60. The monoisotopic (exact) mass is 232 g/mol. The highest BCUT2D eigenvalue weighted by molar-refractivity contribution is 5.99. The number of rotatable bonds is 1. The van der Waals surface area contributed by atoms with Crippen LogP contribution in [0.4, 0.5) is 11.4 Å². The summed E-state index contributed by atoms with van der Waals surface area (Å²) >= 11 is 0. The van der Waals surface area contributed by atoms with Gasteiger partial charge >= 0.3 is 0 Å². The molecule has 0 bridgehead atoms. The zero-order chi connectivity index (χ0) is 11.8. The first kappa shape index (κ1) is 10.4. The number of hydrogen-bond acceptors (Lipinski definition) is 3. The number of carbonyl (C=O) groups excluding carboxylic acids is 1. The minimum Gasteiger partial charge on any atom is -0.494 e. The van der Waals surface area contributed by atoms with Crippen LogP contribution in [0, 0.1) is 0 Å². The van der Waals surface area contributed by atoms with Gasteiger partial charge in [0.15, 0.2) is 0 Å². The summed E-state index contributed by atoms with van der Waals surface area (Å²) in [6.45, 7) is 1.03. The molecule has 2 aliphatic rings. The lowest BCUT2D eigenvalue weighted by atomic mass is 10.1. The van der Waals surface area contributed by atoms with Gasteiger partial charge in [0.2, 0.25) is 5.91 Å². The van der Waals surface area contributed by atoms with Gasteiger partial charge in [-0.3, -0.25) is 4.79 Å². The number of fused-ring (bicyclic) bond motifs is 3. The first-order valence-electron chi connectivity index (χ1n) is 6.03. The third kappa shape index (κ3) is 1.64.